The number of anilines is 2. The highest BCUT2D eigenvalue weighted by Gasteiger charge is 2.31. The fraction of sp³-hybridized carbons (Fsp3) is 0. The van der Waals surface area contributed by atoms with Crippen molar-refractivity contribution < 1.29 is 4.79 Å². The molecule has 0 saturated carbocycles. The molecule has 0 bridgehead atoms. The summed E-state index contributed by atoms with van der Waals surface area (Å²) in [6.07, 6.45) is 0. The SMILES string of the molecule is O=C1c2cccc3cccc(c23)N1c1ccc(=O)[nH]c1Cl. The van der Waals surface area contributed by atoms with Crippen molar-refractivity contribution in [3.63, 3.8) is 0 Å². The zero-order chi connectivity index (χ0) is 14.6. The number of rotatable bonds is 1. The van der Waals surface area contributed by atoms with Gasteiger partial charge in [0.1, 0.15) is 5.15 Å². The molecular weight excluding hydrogens is 288 g/mol. The lowest BCUT2D eigenvalue weighted by molar-refractivity contribution is 0.100. The summed E-state index contributed by atoms with van der Waals surface area (Å²) in [6.45, 7) is 0. The van der Waals surface area contributed by atoms with E-state index in [1.54, 1.807) is 12.1 Å². The molecule has 2 heterocycles. The van der Waals surface area contributed by atoms with Crippen LogP contribution in [0, 0.1) is 0 Å². The molecule has 0 saturated heterocycles. The lowest BCUT2D eigenvalue weighted by Crippen LogP contribution is -2.22. The maximum absolute atomic E-state index is 12.7. The molecule has 4 nitrogen and oxygen atoms in total. The minimum absolute atomic E-state index is 0.143. The Labute approximate surface area is 124 Å². The number of carbonyl (C=O) groups is 1. The van der Waals surface area contributed by atoms with Crippen molar-refractivity contribution >= 4 is 39.7 Å². The third-order valence-corrected chi connectivity index (χ3v) is 3.94. The van der Waals surface area contributed by atoms with Gasteiger partial charge in [0.25, 0.3) is 5.91 Å². The van der Waals surface area contributed by atoms with Crippen LogP contribution in [0.25, 0.3) is 10.8 Å². The topological polar surface area (TPSA) is 53.2 Å². The van der Waals surface area contributed by atoms with Crippen molar-refractivity contribution in [2.45, 2.75) is 0 Å². The van der Waals surface area contributed by atoms with E-state index in [0.717, 1.165) is 16.5 Å². The molecule has 21 heavy (non-hydrogen) atoms. The Bertz CT molecular complexity index is 957. The molecule has 0 fully saturated rings. The molecule has 0 radical (unpaired) electrons. The molecule has 5 heteroatoms. The Morgan fingerprint density at radius 1 is 0.905 bits per heavy atom. The number of halogens is 1. The van der Waals surface area contributed by atoms with Gasteiger partial charge >= 0.3 is 0 Å². The first kappa shape index (κ1) is 12.2. The number of hydrogen-bond donors (Lipinski definition) is 1. The van der Waals surface area contributed by atoms with Gasteiger partial charge in [0.2, 0.25) is 5.56 Å². The number of aromatic nitrogens is 1. The van der Waals surface area contributed by atoms with Gasteiger partial charge in [-0.3, -0.25) is 14.5 Å². The number of H-pyrrole nitrogens is 1. The van der Waals surface area contributed by atoms with Crippen molar-refractivity contribution in [3.8, 4) is 0 Å². The predicted octanol–water partition coefficient (Wildman–Crippen LogP) is 3.47. The third-order valence-electron chi connectivity index (χ3n) is 3.65. The molecule has 0 aliphatic carbocycles. The molecule has 0 atom stereocenters. The summed E-state index contributed by atoms with van der Waals surface area (Å²) in [5, 5.41) is 2.06. The van der Waals surface area contributed by atoms with Gasteiger partial charge in [-0.15, -0.1) is 0 Å². The Morgan fingerprint density at radius 3 is 2.43 bits per heavy atom. The third kappa shape index (κ3) is 1.63. The fourth-order valence-electron chi connectivity index (χ4n) is 2.77. The highest BCUT2D eigenvalue weighted by molar-refractivity contribution is 6.35. The summed E-state index contributed by atoms with van der Waals surface area (Å²) < 4.78 is 0. The maximum Gasteiger partial charge on any atom is 0.263 e. The van der Waals surface area contributed by atoms with Crippen molar-refractivity contribution in [1.82, 2.24) is 4.98 Å². The normalized spacial score (nSPS) is 13.2. The van der Waals surface area contributed by atoms with E-state index in [9.17, 15) is 9.59 Å². The van der Waals surface area contributed by atoms with Crippen LogP contribution in [0.2, 0.25) is 5.15 Å². The summed E-state index contributed by atoms with van der Waals surface area (Å²) >= 11 is 6.10. The summed E-state index contributed by atoms with van der Waals surface area (Å²) in [6, 6.07) is 14.3. The standard InChI is InChI=1S/C16H9ClN2O2/c17-15-12(7-8-13(20)18-15)19-11-6-2-4-9-3-1-5-10(14(9)11)16(19)21/h1-8H,(H,18,20). The second kappa shape index (κ2) is 4.20. The van der Waals surface area contributed by atoms with Gasteiger partial charge in [0.05, 0.1) is 16.9 Å². The van der Waals surface area contributed by atoms with Crippen LogP contribution in [-0.4, -0.2) is 10.9 Å². The van der Waals surface area contributed by atoms with E-state index >= 15 is 0 Å². The second-order valence-corrected chi connectivity index (χ2v) is 5.22. The summed E-state index contributed by atoms with van der Waals surface area (Å²) in [7, 11) is 0. The van der Waals surface area contributed by atoms with E-state index < -0.39 is 0 Å². The molecule has 1 aliphatic rings. The zero-order valence-corrected chi connectivity index (χ0v) is 11.5. The van der Waals surface area contributed by atoms with Crippen molar-refractivity contribution in [1.29, 1.82) is 0 Å². The lowest BCUT2D eigenvalue weighted by Gasteiger charge is -2.18. The van der Waals surface area contributed by atoms with E-state index in [1.807, 2.05) is 30.3 Å². The predicted molar refractivity (Wildman–Crippen MR) is 82.5 cm³/mol. The molecule has 3 aromatic rings. The van der Waals surface area contributed by atoms with Crippen LogP contribution in [0.1, 0.15) is 10.4 Å². The van der Waals surface area contributed by atoms with Crippen molar-refractivity contribution in [2.24, 2.45) is 0 Å². The highest BCUT2D eigenvalue weighted by atomic mass is 35.5. The quantitative estimate of drug-likeness (QED) is 0.699. The van der Waals surface area contributed by atoms with Gasteiger partial charge in [-0.25, -0.2) is 0 Å². The average molecular weight is 297 g/mol. The van der Waals surface area contributed by atoms with Gasteiger partial charge in [0, 0.05) is 11.5 Å². The minimum atomic E-state index is -0.300. The van der Waals surface area contributed by atoms with Gasteiger partial charge in [-0.2, -0.15) is 0 Å². The minimum Gasteiger partial charge on any atom is -0.311 e. The molecule has 1 aliphatic heterocycles. The Morgan fingerprint density at radius 2 is 1.67 bits per heavy atom. The van der Waals surface area contributed by atoms with Crippen molar-refractivity contribution in [2.75, 3.05) is 4.90 Å². The molecule has 1 N–H and O–H groups in total. The molecule has 4 rings (SSSR count). The fourth-order valence-corrected chi connectivity index (χ4v) is 3.01. The van der Waals surface area contributed by atoms with E-state index in [-0.39, 0.29) is 16.6 Å². The summed E-state index contributed by atoms with van der Waals surface area (Å²) in [5.74, 6) is -0.143. The Balaban J connectivity index is 2.03. The number of nitrogens with zero attached hydrogens (tertiary/aromatic N) is 1. The molecule has 102 valence electrons. The molecule has 2 aromatic carbocycles. The lowest BCUT2D eigenvalue weighted by atomic mass is 10.1. The van der Waals surface area contributed by atoms with Crippen LogP contribution >= 0.6 is 11.6 Å². The molecule has 1 aromatic heterocycles. The van der Waals surface area contributed by atoms with E-state index in [2.05, 4.69) is 4.98 Å². The number of benzene rings is 2. The number of nitrogens with one attached hydrogen (secondary N) is 1. The highest BCUT2D eigenvalue weighted by Crippen LogP contribution is 2.42. The van der Waals surface area contributed by atoms with Crippen LogP contribution in [0.4, 0.5) is 11.4 Å². The van der Waals surface area contributed by atoms with Crippen LogP contribution in [0.15, 0.2) is 53.3 Å². The van der Waals surface area contributed by atoms with Crippen LogP contribution in [0.3, 0.4) is 0 Å². The molecular formula is C16H9ClN2O2. The summed E-state index contributed by atoms with van der Waals surface area (Å²) in [4.78, 5) is 28.0. The van der Waals surface area contributed by atoms with E-state index in [1.165, 1.54) is 11.0 Å². The van der Waals surface area contributed by atoms with Crippen LogP contribution in [-0.2, 0) is 0 Å². The van der Waals surface area contributed by atoms with Gasteiger partial charge in [-0.05, 0) is 23.6 Å². The average Bonchev–Trinajstić information content (AvgIpc) is 2.75. The number of aromatic amines is 1. The smallest absolute Gasteiger partial charge is 0.263 e. The first-order valence-corrected chi connectivity index (χ1v) is 6.79. The van der Waals surface area contributed by atoms with E-state index in [0.29, 0.717) is 11.3 Å². The monoisotopic (exact) mass is 296 g/mol. The first-order chi connectivity index (χ1) is 10.2. The van der Waals surface area contributed by atoms with Gasteiger partial charge in [-0.1, -0.05) is 35.9 Å². The maximum atomic E-state index is 12.7. The second-order valence-electron chi connectivity index (χ2n) is 4.84. The Hall–Kier alpha value is -2.59. The number of pyridine rings is 1. The molecule has 1 amide bonds. The zero-order valence-electron chi connectivity index (χ0n) is 10.8. The Kier molecular flexibility index (Phi) is 2.43. The van der Waals surface area contributed by atoms with Gasteiger partial charge < -0.3 is 4.98 Å². The number of amides is 1. The largest absolute Gasteiger partial charge is 0.311 e. The first-order valence-electron chi connectivity index (χ1n) is 6.42. The number of hydrogen-bond acceptors (Lipinski definition) is 2. The van der Waals surface area contributed by atoms with Gasteiger partial charge in [0.15, 0.2) is 0 Å². The molecule has 0 unspecified atom stereocenters. The van der Waals surface area contributed by atoms with Crippen LogP contribution < -0.4 is 10.5 Å². The molecule has 0 spiro atoms. The number of carbonyl (C=O) groups excluding carboxylic acids is 1. The van der Waals surface area contributed by atoms with Crippen molar-refractivity contribution in [3.05, 3.63) is 69.6 Å². The van der Waals surface area contributed by atoms with Crippen LogP contribution in [0.5, 0.6) is 0 Å². The summed E-state index contributed by atoms with van der Waals surface area (Å²) in [5.41, 5.74) is 1.60. The van der Waals surface area contributed by atoms with E-state index in [4.69, 9.17) is 11.6 Å².